The summed E-state index contributed by atoms with van der Waals surface area (Å²) in [4.78, 5) is 19.2. The number of benzene rings is 2. The minimum Gasteiger partial charge on any atom is -0.495 e. The van der Waals surface area contributed by atoms with Crippen molar-refractivity contribution in [3.8, 4) is 11.4 Å². The predicted octanol–water partition coefficient (Wildman–Crippen LogP) is 6.22. The normalized spacial score (nSPS) is 16.5. The molecule has 1 fully saturated rings. The van der Waals surface area contributed by atoms with Gasteiger partial charge in [0, 0.05) is 41.1 Å². The molecular weight excluding hydrogens is 558 g/mol. The molecule has 8 nitrogen and oxygen atoms in total. The van der Waals surface area contributed by atoms with Crippen LogP contribution in [0.15, 0.2) is 66.9 Å². The van der Waals surface area contributed by atoms with Gasteiger partial charge in [-0.25, -0.2) is 0 Å². The lowest BCUT2D eigenvalue weighted by Gasteiger charge is -2.29. The number of nitrogens with one attached hydrogen (secondary N) is 2. The van der Waals surface area contributed by atoms with E-state index in [1.54, 1.807) is 13.3 Å². The minimum absolute atomic E-state index is 0.0731. The Labute approximate surface area is 250 Å². The molecule has 2 aromatic heterocycles. The van der Waals surface area contributed by atoms with E-state index in [-0.39, 0.29) is 24.6 Å². The molecule has 0 saturated carbocycles. The van der Waals surface area contributed by atoms with Gasteiger partial charge in [0.1, 0.15) is 12.4 Å². The number of aromatic nitrogens is 2. The molecule has 41 heavy (non-hydrogen) atoms. The number of rotatable bonds is 8. The average molecular weight is 590 g/mol. The molecule has 10 heteroatoms. The average Bonchev–Trinajstić information content (AvgIpc) is 3.45. The number of hydrogen-bond donors (Lipinski definition) is 2. The maximum absolute atomic E-state index is 12.4. The van der Waals surface area contributed by atoms with E-state index >= 15 is 0 Å². The van der Waals surface area contributed by atoms with Crippen LogP contribution >= 0.6 is 23.8 Å². The maximum atomic E-state index is 12.4. The molecule has 1 aliphatic rings. The van der Waals surface area contributed by atoms with Gasteiger partial charge in [-0.3, -0.25) is 9.78 Å². The van der Waals surface area contributed by atoms with Crippen molar-refractivity contribution in [2.24, 2.45) is 0 Å². The van der Waals surface area contributed by atoms with Gasteiger partial charge in [0.25, 0.3) is 0 Å². The second-order valence-corrected chi connectivity index (χ2v) is 10.7. The quantitative estimate of drug-likeness (QED) is 0.236. The largest absolute Gasteiger partial charge is 0.495 e. The van der Waals surface area contributed by atoms with Crippen LogP contribution in [0, 0.1) is 20.8 Å². The molecule has 0 radical (unpaired) electrons. The number of carbonyl (C=O) groups excluding carboxylic acids is 1. The fraction of sp³-hybridized carbons (Fsp3) is 0.258. The molecule has 212 valence electrons. The topological polar surface area (TPSA) is 80.7 Å². The lowest BCUT2D eigenvalue weighted by molar-refractivity contribution is -0.119. The molecule has 0 aliphatic carbocycles. The third kappa shape index (κ3) is 5.40. The smallest absolute Gasteiger partial charge is 0.250 e. The second-order valence-electron chi connectivity index (χ2n) is 9.91. The Morgan fingerprint density at radius 3 is 2.61 bits per heavy atom. The molecule has 0 spiro atoms. The molecule has 2 aromatic carbocycles. The third-order valence-electron chi connectivity index (χ3n) is 7.38. The maximum Gasteiger partial charge on any atom is 0.250 e. The molecular formula is C31H32ClN5O3S. The Bertz CT molecular complexity index is 1610. The number of aryl methyl sites for hydroxylation is 1. The van der Waals surface area contributed by atoms with Crippen molar-refractivity contribution < 1.29 is 14.3 Å². The summed E-state index contributed by atoms with van der Waals surface area (Å²) in [5.74, 6) is 0.247. The lowest BCUT2D eigenvalue weighted by atomic mass is 9.96. The number of thiocarbonyl (C=S) groups is 1. The molecule has 2 N–H and O–H groups in total. The van der Waals surface area contributed by atoms with Crippen LogP contribution in [-0.4, -0.2) is 41.4 Å². The summed E-state index contributed by atoms with van der Waals surface area (Å²) in [5.41, 5.74) is 7.45. The van der Waals surface area contributed by atoms with Crippen molar-refractivity contribution in [3.63, 3.8) is 0 Å². The van der Waals surface area contributed by atoms with Gasteiger partial charge in [-0.1, -0.05) is 23.7 Å². The molecule has 1 aliphatic heterocycles. The zero-order valence-corrected chi connectivity index (χ0v) is 25.1. The van der Waals surface area contributed by atoms with Gasteiger partial charge in [-0.05, 0) is 92.6 Å². The fourth-order valence-electron chi connectivity index (χ4n) is 5.51. The Hall–Kier alpha value is -3.92. The van der Waals surface area contributed by atoms with Crippen LogP contribution in [-0.2, 0) is 9.53 Å². The first-order valence-electron chi connectivity index (χ1n) is 13.2. The van der Waals surface area contributed by atoms with Crippen LogP contribution in [0.4, 0.5) is 11.4 Å². The van der Waals surface area contributed by atoms with Gasteiger partial charge in [0.15, 0.2) is 5.11 Å². The SMILES string of the molecule is COCC(=O)Nc1cc(N2C(=S)N[C@H](c3ccccn3)[C@@H]2c2cc(C)n(-c3cccc(Cl)c3C)c2C)ccc1OC. The van der Waals surface area contributed by atoms with Crippen LogP contribution in [0.3, 0.4) is 0 Å². The highest BCUT2D eigenvalue weighted by Crippen LogP contribution is 2.45. The Balaban J connectivity index is 1.67. The summed E-state index contributed by atoms with van der Waals surface area (Å²) in [6, 6.07) is 19.2. The van der Waals surface area contributed by atoms with E-state index in [9.17, 15) is 4.79 Å². The van der Waals surface area contributed by atoms with Crippen molar-refractivity contribution in [2.45, 2.75) is 32.9 Å². The van der Waals surface area contributed by atoms with E-state index in [2.05, 4.69) is 51.1 Å². The van der Waals surface area contributed by atoms with Gasteiger partial charge in [0.05, 0.1) is 30.6 Å². The summed E-state index contributed by atoms with van der Waals surface area (Å²) in [6.45, 7) is 6.16. The molecule has 1 saturated heterocycles. The standard InChI is InChI=1S/C31H32ClN5O3S/c1-18-15-22(20(3)36(18)26-11-8-9-23(32)19(26)2)30-29(24-10-6-7-14-33-24)35-31(41)37(30)21-12-13-27(40-5)25(16-21)34-28(38)17-39-4/h6-16,29-30H,17H2,1-5H3,(H,34,38)(H,35,41)/t29-,30+/m1/s1. The lowest BCUT2D eigenvalue weighted by Crippen LogP contribution is -2.29. The second kappa shape index (κ2) is 11.9. The molecule has 0 bridgehead atoms. The van der Waals surface area contributed by atoms with Gasteiger partial charge in [0.2, 0.25) is 5.91 Å². The van der Waals surface area contributed by atoms with Crippen molar-refractivity contribution in [2.75, 3.05) is 31.0 Å². The third-order valence-corrected chi connectivity index (χ3v) is 8.10. The summed E-state index contributed by atoms with van der Waals surface area (Å²) in [5, 5.41) is 7.67. The highest BCUT2D eigenvalue weighted by atomic mass is 35.5. The Kier molecular flexibility index (Phi) is 8.30. The van der Waals surface area contributed by atoms with E-state index in [0.717, 1.165) is 44.6 Å². The van der Waals surface area contributed by atoms with Gasteiger partial charge in [-0.2, -0.15) is 0 Å². The number of hydrogen-bond acceptors (Lipinski definition) is 5. The summed E-state index contributed by atoms with van der Waals surface area (Å²) >= 11 is 12.5. The number of carbonyl (C=O) groups is 1. The van der Waals surface area contributed by atoms with Crippen LogP contribution in [0.2, 0.25) is 5.02 Å². The van der Waals surface area contributed by atoms with Crippen LogP contribution in [0.25, 0.3) is 5.69 Å². The number of methoxy groups -OCH3 is 2. The molecule has 4 aromatic rings. The molecule has 3 heterocycles. The zero-order chi connectivity index (χ0) is 29.3. The zero-order valence-electron chi connectivity index (χ0n) is 23.6. The number of pyridine rings is 1. The Morgan fingerprint density at radius 1 is 1.10 bits per heavy atom. The van der Waals surface area contributed by atoms with Crippen LogP contribution < -0.4 is 20.3 Å². The number of nitrogens with zero attached hydrogens (tertiary/aromatic N) is 3. The van der Waals surface area contributed by atoms with Crippen molar-refractivity contribution >= 4 is 46.2 Å². The first kappa shape index (κ1) is 28.6. The predicted molar refractivity (Wildman–Crippen MR) is 166 cm³/mol. The monoisotopic (exact) mass is 589 g/mol. The number of amides is 1. The van der Waals surface area contributed by atoms with E-state index in [1.807, 2.05) is 55.5 Å². The van der Waals surface area contributed by atoms with E-state index in [1.165, 1.54) is 7.11 Å². The van der Waals surface area contributed by atoms with Gasteiger partial charge >= 0.3 is 0 Å². The van der Waals surface area contributed by atoms with Crippen molar-refractivity contribution in [1.29, 1.82) is 0 Å². The summed E-state index contributed by atoms with van der Waals surface area (Å²) in [6.07, 6.45) is 1.79. The van der Waals surface area contributed by atoms with E-state index < -0.39 is 0 Å². The van der Waals surface area contributed by atoms with E-state index in [0.29, 0.717) is 16.5 Å². The number of halogens is 1. The van der Waals surface area contributed by atoms with E-state index in [4.69, 9.17) is 33.3 Å². The first-order chi connectivity index (χ1) is 19.7. The minimum atomic E-state index is -0.284. The first-order valence-corrected chi connectivity index (χ1v) is 14.0. The Morgan fingerprint density at radius 2 is 1.90 bits per heavy atom. The summed E-state index contributed by atoms with van der Waals surface area (Å²) < 4.78 is 12.8. The van der Waals surface area contributed by atoms with Gasteiger partial charge in [-0.15, -0.1) is 0 Å². The molecule has 1 amide bonds. The van der Waals surface area contributed by atoms with Crippen molar-refractivity contribution in [3.05, 3.63) is 100 Å². The number of anilines is 2. The molecule has 0 unspecified atom stereocenters. The number of ether oxygens (including phenoxy) is 2. The van der Waals surface area contributed by atoms with Crippen LogP contribution in [0.1, 0.15) is 40.3 Å². The highest BCUT2D eigenvalue weighted by Gasteiger charge is 2.42. The van der Waals surface area contributed by atoms with Crippen molar-refractivity contribution in [1.82, 2.24) is 14.9 Å². The highest BCUT2D eigenvalue weighted by molar-refractivity contribution is 7.80. The van der Waals surface area contributed by atoms with Crippen LogP contribution in [0.5, 0.6) is 5.75 Å². The van der Waals surface area contributed by atoms with Gasteiger partial charge < -0.3 is 29.6 Å². The molecule has 5 rings (SSSR count). The summed E-state index contributed by atoms with van der Waals surface area (Å²) in [7, 11) is 3.04. The molecule has 2 atom stereocenters. The fourth-order valence-corrected chi connectivity index (χ4v) is 6.02.